The summed E-state index contributed by atoms with van der Waals surface area (Å²) in [5.74, 6) is -2.15. The third kappa shape index (κ3) is 7.07. The van der Waals surface area contributed by atoms with Crippen molar-refractivity contribution in [1.29, 1.82) is 0 Å². The predicted octanol–water partition coefficient (Wildman–Crippen LogP) is 6.09. The summed E-state index contributed by atoms with van der Waals surface area (Å²) in [5.41, 5.74) is 9.15. The zero-order valence-electron chi connectivity index (χ0n) is 23.9. The number of primary amides is 1. The molecule has 5 rings (SSSR count). The van der Waals surface area contributed by atoms with Crippen LogP contribution in [0.15, 0.2) is 78.9 Å². The number of nitrogens with zero attached hydrogens (tertiary/aromatic N) is 1. The lowest BCUT2D eigenvalue weighted by atomic mass is 10.0. The van der Waals surface area contributed by atoms with Crippen molar-refractivity contribution in [2.45, 2.75) is 37.7 Å². The van der Waals surface area contributed by atoms with E-state index in [1.807, 2.05) is 60.7 Å². The van der Waals surface area contributed by atoms with Crippen LogP contribution in [0.1, 0.15) is 45.3 Å². The molecule has 0 bridgehead atoms. The number of halogens is 1. The van der Waals surface area contributed by atoms with E-state index in [1.54, 1.807) is 29.4 Å². The number of nitrogens with one attached hydrogen (secondary N) is 1. The number of piperidine rings is 1. The van der Waals surface area contributed by atoms with Crippen molar-refractivity contribution in [1.82, 2.24) is 4.31 Å². The largest absolute Gasteiger partial charge is 0.477 e. The quantitative estimate of drug-likeness (QED) is 0.178. The van der Waals surface area contributed by atoms with Crippen LogP contribution in [0.25, 0.3) is 10.4 Å². The molecule has 230 valence electrons. The molecule has 1 saturated heterocycles. The summed E-state index contributed by atoms with van der Waals surface area (Å²) in [6.45, 7) is 2.63. The van der Waals surface area contributed by atoms with E-state index in [4.69, 9.17) is 22.1 Å². The lowest BCUT2D eigenvalue weighted by Crippen LogP contribution is -2.42. The highest BCUT2D eigenvalue weighted by molar-refractivity contribution is 7.88. The molecule has 1 fully saturated rings. The van der Waals surface area contributed by atoms with E-state index in [0.29, 0.717) is 41.9 Å². The van der Waals surface area contributed by atoms with Crippen LogP contribution < -0.4 is 15.8 Å². The van der Waals surface area contributed by atoms with Crippen LogP contribution in [0.5, 0.6) is 5.75 Å². The number of benzene rings is 3. The molecule has 0 spiro atoms. The number of aromatic carboxylic acids is 1. The lowest BCUT2D eigenvalue weighted by molar-refractivity contribution is -0.125. The van der Waals surface area contributed by atoms with Crippen LogP contribution in [-0.4, -0.2) is 48.8 Å². The number of nitrogens with two attached hydrogens (primary N) is 1. The summed E-state index contributed by atoms with van der Waals surface area (Å²) in [6.07, 6.45) is 0.0312. The van der Waals surface area contributed by atoms with Gasteiger partial charge >= 0.3 is 5.97 Å². The Bertz CT molecular complexity index is 1770. The van der Waals surface area contributed by atoms with E-state index in [9.17, 15) is 23.1 Å². The number of aryl methyl sites for hydroxylation is 1. The fraction of sp³-hybridized carbons (Fsp3) is 0.250. The van der Waals surface area contributed by atoms with Gasteiger partial charge in [-0.2, -0.15) is 0 Å². The molecule has 4 aromatic rings. The van der Waals surface area contributed by atoms with E-state index in [2.05, 4.69) is 5.32 Å². The molecule has 4 N–H and O–H groups in total. The molecule has 0 saturated carbocycles. The van der Waals surface area contributed by atoms with Gasteiger partial charge in [0.1, 0.15) is 5.02 Å². The molecule has 9 nitrogen and oxygen atoms in total. The second-order valence-corrected chi connectivity index (χ2v) is 14.0. The second kappa shape index (κ2) is 13.4. The predicted molar refractivity (Wildman–Crippen MR) is 173 cm³/mol. The number of carboxylic acid groups (broad SMARTS) is 1. The summed E-state index contributed by atoms with van der Waals surface area (Å²) in [4.78, 5) is 24.9. The maximum atomic E-state index is 12.9. The van der Waals surface area contributed by atoms with Crippen molar-refractivity contribution >= 4 is 50.5 Å². The van der Waals surface area contributed by atoms with E-state index in [0.717, 1.165) is 28.2 Å². The van der Waals surface area contributed by atoms with Crippen molar-refractivity contribution < 1.29 is 27.9 Å². The van der Waals surface area contributed by atoms with Crippen molar-refractivity contribution in [2.75, 3.05) is 18.4 Å². The van der Waals surface area contributed by atoms with Gasteiger partial charge in [-0.25, -0.2) is 17.5 Å². The van der Waals surface area contributed by atoms with Crippen molar-refractivity contribution in [2.24, 2.45) is 5.73 Å². The molecule has 1 unspecified atom stereocenters. The van der Waals surface area contributed by atoms with Crippen molar-refractivity contribution in [3.63, 3.8) is 0 Å². The van der Waals surface area contributed by atoms with Gasteiger partial charge in [0.25, 0.3) is 5.91 Å². The highest BCUT2D eigenvalue weighted by atomic mass is 35.5. The van der Waals surface area contributed by atoms with Crippen LogP contribution in [0.2, 0.25) is 5.02 Å². The van der Waals surface area contributed by atoms with E-state index < -0.39 is 28.0 Å². The number of carboxylic acids is 1. The Morgan fingerprint density at radius 3 is 2.41 bits per heavy atom. The van der Waals surface area contributed by atoms with E-state index in [-0.39, 0.29) is 27.4 Å². The SMILES string of the molecule is Cc1ccccc1C(Oc1c(C(=O)O)sc(-c2cccc(NC3CCN(S(=O)(=O)Cc4ccccc4)CC3)c2)c1Cl)C(N)=O. The van der Waals surface area contributed by atoms with Gasteiger partial charge < -0.3 is 20.9 Å². The molecule has 1 aliphatic heterocycles. The van der Waals surface area contributed by atoms with Crippen molar-refractivity contribution in [3.05, 3.63) is 105 Å². The first kappa shape index (κ1) is 31.5. The molecular weight excluding hydrogens is 622 g/mol. The maximum absolute atomic E-state index is 12.9. The van der Waals surface area contributed by atoms with Gasteiger partial charge in [-0.3, -0.25) is 4.79 Å². The van der Waals surface area contributed by atoms with Crippen LogP contribution >= 0.6 is 22.9 Å². The number of carbonyl (C=O) groups is 2. The standard InChI is InChI=1S/C32H32ClN3O6S2/c1-20-8-5-6-13-25(20)27(31(34)37)42-28-26(33)29(43-30(28)32(38)39)22-11-7-12-24(18-22)35-23-14-16-36(17-15-23)44(40,41)19-21-9-3-2-4-10-21/h2-13,18,23,27,35H,14-17,19H2,1H3,(H2,34,37)(H,38,39). The number of rotatable bonds is 11. The van der Waals surface area contributed by atoms with Gasteiger partial charge in [0.2, 0.25) is 16.1 Å². The number of ether oxygens (including phenoxy) is 1. The number of sulfonamides is 1. The first-order chi connectivity index (χ1) is 21.0. The highest BCUT2D eigenvalue weighted by Crippen LogP contribution is 2.47. The summed E-state index contributed by atoms with van der Waals surface area (Å²) in [5, 5.41) is 13.5. The van der Waals surface area contributed by atoms with Crippen LogP contribution in [0.3, 0.4) is 0 Å². The van der Waals surface area contributed by atoms with E-state index >= 15 is 0 Å². The van der Waals surface area contributed by atoms with Crippen LogP contribution in [0.4, 0.5) is 5.69 Å². The molecule has 12 heteroatoms. The summed E-state index contributed by atoms with van der Waals surface area (Å²) in [6, 6.07) is 23.6. The topological polar surface area (TPSA) is 139 Å². The van der Waals surface area contributed by atoms with Gasteiger partial charge in [0.05, 0.1) is 10.6 Å². The van der Waals surface area contributed by atoms with E-state index in [1.165, 1.54) is 0 Å². The van der Waals surface area contributed by atoms with Gasteiger partial charge in [0, 0.05) is 30.4 Å². The second-order valence-electron chi connectivity index (χ2n) is 10.6. The monoisotopic (exact) mass is 653 g/mol. The number of amides is 1. The number of thiophene rings is 1. The Hall–Kier alpha value is -3.90. The molecule has 3 aromatic carbocycles. The van der Waals surface area contributed by atoms with Crippen molar-refractivity contribution in [3.8, 4) is 16.2 Å². The minimum atomic E-state index is -3.42. The Balaban J connectivity index is 1.31. The zero-order valence-corrected chi connectivity index (χ0v) is 26.3. The highest BCUT2D eigenvalue weighted by Gasteiger charge is 2.31. The summed E-state index contributed by atoms with van der Waals surface area (Å²) >= 11 is 7.68. The minimum absolute atomic E-state index is 0.0231. The Morgan fingerprint density at radius 2 is 1.75 bits per heavy atom. The molecule has 44 heavy (non-hydrogen) atoms. The minimum Gasteiger partial charge on any atom is -0.477 e. The molecule has 2 heterocycles. The average Bonchev–Trinajstić information content (AvgIpc) is 3.33. The fourth-order valence-corrected chi connectivity index (χ4v) is 8.19. The third-order valence-electron chi connectivity index (χ3n) is 7.50. The Kier molecular flexibility index (Phi) is 9.59. The van der Waals surface area contributed by atoms with Crippen LogP contribution in [-0.2, 0) is 20.6 Å². The molecule has 1 aliphatic rings. The first-order valence-corrected chi connectivity index (χ1v) is 16.8. The van der Waals surface area contributed by atoms with Crippen LogP contribution in [0, 0.1) is 6.92 Å². The molecular formula is C32H32ClN3O6S2. The number of hydrogen-bond donors (Lipinski definition) is 3. The van der Waals surface area contributed by atoms with Gasteiger partial charge in [-0.05, 0) is 48.6 Å². The fourth-order valence-electron chi connectivity index (χ4n) is 5.24. The van der Waals surface area contributed by atoms with Gasteiger partial charge in [-0.1, -0.05) is 78.3 Å². The third-order valence-corrected chi connectivity index (χ3v) is 11.0. The molecule has 0 radical (unpaired) electrons. The summed E-state index contributed by atoms with van der Waals surface area (Å²) in [7, 11) is -3.42. The smallest absolute Gasteiger partial charge is 0.349 e. The van der Waals surface area contributed by atoms with Gasteiger partial charge in [0.15, 0.2) is 10.6 Å². The molecule has 1 amide bonds. The number of hydrogen-bond acceptors (Lipinski definition) is 7. The molecule has 1 aromatic heterocycles. The Labute approximate surface area is 265 Å². The summed E-state index contributed by atoms with van der Waals surface area (Å²) < 4.78 is 33.4. The first-order valence-electron chi connectivity index (χ1n) is 14.0. The average molecular weight is 654 g/mol. The molecule has 0 aliphatic carbocycles. The number of anilines is 1. The lowest BCUT2D eigenvalue weighted by Gasteiger charge is -2.32. The van der Waals surface area contributed by atoms with Gasteiger partial charge in [-0.15, -0.1) is 11.3 Å². The maximum Gasteiger partial charge on any atom is 0.349 e. The molecule has 1 atom stereocenters. The number of carbonyl (C=O) groups excluding carboxylic acids is 1. The zero-order chi connectivity index (χ0) is 31.4. The Morgan fingerprint density at radius 1 is 1.07 bits per heavy atom. The normalized spacial score (nSPS) is 15.0.